The van der Waals surface area contributed by atoms with Crippen molar-refractivity contribution >= 4 is 17.6 Å². The van der Waals surface area contributed by atoms with Crippen LogP contribution in [0.1, 0.15) is 55.8 Å². The van der Waals surface area contributed by atoms with Gasteiger partial charge < -0.3 is 4.74 Å². The largest absolute Gasteiger partial charge is 0.462 e. The van der Waals surface area contributed by atoms with Gasteiger partial charge in [-0.05, 0) is 55.7 Å². The van der Waals surface area contributed by atoms with Crippen molar-refractivity contribution in [1.82, 2.24) is 0 Å². The molecule has 1 aliphatic rings. The number of rotatable bonds is 7. The van der Waals surface area contributed by atoms with Crippen LogP contribution in [0.3, 0.4) is 0 Å². The Balaban J connectivity index is 1.64. The first-order valence-corrected chi connectivity index (χ1v) is 7.37. The van der Waals surface area contributed by atoms with Crippen molar-refractivity contribution in [2.24, 2.45) is 5.41 Å². The van der Waals surface area contributed by atoms with Crippen LogP contribution in [-0.2, 0) is 4.74 Å². The first-order valence-electron chi connectivity index (χ1n) is 7.00. The lowest BCUT2D eigenvalue weighted by Gasteiger charge is -2.11. The Labute approximate surface area is 120 Å². The number of benzene rings is 1. The fourth-order valence-electron chi connectivity index (χ4n) is 2.36. The van der Waals surface area contributed by atoms with Crippen molar-refractivity contribution in [2.75, 3.05) is 6.61 Å². The average molecular weight is 280 g/mol. The summed E-state index contributed by atoms with van der Waals surface area (Å²) in [7, 11) is 0. The van der Waals surface area contributed by atoms with Crippen LogP contribution in [0.15, 0.2) is 18.2 Å². The van der Waals surface area contributed by atoms with Crippen LogP contribution in [0.4, 0.5) is 0 Å². The molecule has 0 aliphatic heterocycles. The molecule has 2 nitrogen and oxygen atoms in total. The van der Waals surface area contributed by atoms with Gasteiger partial charge in [0.1, 0.15) is 0 Å². The van der Waals surface area contributed by atoms with Crippen LogP contribution < -0.4 is 0 Å². The molecular formula is C16H20ClO2. The highest BCUT2D eigenvalue weighted by Gasteiger charge is 2.39. The number of carbonyl (C=O) groups is 1. The van der Waals surface area contributed by atoms with Crippen LogP contribution in [0.25, 0.3) is 0 Å². The Morgan fingerprint density at radius 1 is 1.47 bits per heavy atom. The first kappa shape index (κ1) is 14.4. The number of hydrogen-bond acceptors (Lipinski definition) is 2. The molecular weight excluding hydrogens is 260 g/mol. The monoisotopic (exact) mass is 279 g/mol. The third-order valence-corrected chi connectivity index (χ3v) is 4.26. The van der Waals surface area contributed by atoms with Crippen molar-refractivity contribution in [3.63, 3.8) is 0 Å². The molecule has 0 aromatic heterocycles. The Morgan fingerprint density at radius 3 is 2.89 bits per heavy atom. The number of hydrogen-bond donors (Lipinski definition) is 0. The van der Waals surface area contributed by atoms with Gasteiger partial charge in [0, 0.05) is 5.02 Å². The van der Waals surface area contributed by atoms with Crippen molar-refractivity contribution < 1.29 is 9.53 Å². The van der Waals surface area contributed by atoms with E-state index in [0.717, 1.165) is 12.8 Å². The van der Waals surface area contributed by atoms with E-state index in [2.05, 4.69) is 13.0 Å². The molecule has 1 saturated carbocycles. The van der Waals surface area contributed by atoms with E-state index >= 15 is 0 Å². The fraction of sp³-hybridized carbons (Fsp3) is 0.562. The maximum atomic E-state index is 11.7. The van der Waals surface area contributed by atoms with Gasteiger partial charge in [-0.2, -0.15) is 0 Å². The fourth-order valence-corrected chi connectivity index (χ4v) is 2.53. The van der Waals surface area contributed by atoms with E-state index in [1.807, 2.05) is 0 Å². The predicted molar refractivity (Wildman–Crippen MR) is 76.4 cm³/mol. The molecule has 2 rings (SSSR count). The Hall–Kier alpha value is -1.02. The van der Waals surface area contributed by atoms with Gasteiger partial charge in [0.2, 0.25) is 0 Å². The minimum atomic E-state index is -0.334. The highest BCUT2D eigenvalue weighted by Crippen LogP contribution is 2.52. The van der Waals surface area contributed by atoms with E-state index in [1.54, 1.807) is 18.2 Å². The molecule has 1 fully saturated rings. The van der Waals surface area contributed by atoms with Gasteiger partial charge in [0.15, 0.2) is 0 Å². The molecule has 1 radical (unpaired) electrons. The van der Waals surface area contributed by atoms with Gasteiger partial charge in [0.05, 0.1) is 12.2 Å². The molecule has 19 heavy (non-hydrogen) atoms. The van der Waals surface area contributed by atoms with Crippen LogP contribution >= 0.6 is 11.6 Å². The van der Waals surface area contributed by atoms with Gasteiger partial charge in [-0.25, -0.2) is 4.79 Å². The molecule has 1 aliphatic carbocycles. The van der Waals surface area contributed by atoms with Crippen LogP contribution in [0.2, 0.25) is 5.02 Å². The summed E-state index contributed by atoms with van der Waals surface area (Å²) in [6, 6.07) is 7.75. The zero-order valence-electron chi connectivity index (χ0n) is 11.4. The number of esters is 1. The van der Waals surface area contributed by atoms with E-state index in [9.17, 15) is 4.79 Å². The highest BCUT2D eigenvalue weighted by atomic mass is 35.5. The standard InChI is InChI=1S/C16H20ClO2/c1-2-16(9-10-16)8-3-4-11-19-15(18)13-6-5-7-14(17)12-13/h5,7,12H,2-4,8-11H2,1H3. The second-order valence-electron chi connectivity index (χ2n) is 5.37. The number of carbonyl (C=O) groups excluding carboxylic acids is 1. The Bertz CT molecular complexity index is 438. The summed E-state index contributed by atoms with van der Waals surface area (Å²) in [6.07, 6.45) is 7.38. The van der Waals surface area contributed by atoms with Gasteiger partial charge in [-0.1, -0.05) is 31.0 Å². The molecule has 0 N–H and O–H groups in total. The van der Waals surface area contributed by atoms with Gasteiger partial charge in [0.25, 0.3) is 0 Å². The average Bonchev–Trinajstić information content (AvgIpc) is 3.19. The molecule has 0 bridgehead atoms. The predicted octanol–water partition coefficient (Wildman–Crippen LogP) is 4.66. The maximum Gasteiger partial charge on any atom is 0.338 e. The summed E-state index contributed by atoms with van der Waals surface area (Å²) in [5.74, 6) is -0.334. The minimum Gasteiger partial charge on any atom is -0.462 e. The van der Waals surface area contributed by atoms with E-state index in [1.165, 1.54) is 25.7 Å². The Morgan fingerprint density at radius 2 is 2.26 bits per heavy atom. The zero-order valence-corrected chi connectivity index (χ0v) is 12.1. The summed E-state index contributed by atoms with van der Waals surface area (Å²) >= 11 is 5.82. The van der Waals surface area contributed by atoms with Crippen molar-refractivity contribution in [1.29, 1.82) is 0 Å². The molecule has 1 aromatic carbocycles. The summed E-state index contributed by atoms with van der Waals surface area (Å²) in [6.45, 7) is 2.75. The molecule has 103 valence electrons. The van der Waals surface area contributed by atoms with Gasteiger partial charge in [-0.3, -0.25) is 0 Å². The molecule has 3 heteroatoms. The molecule has 0 atom stereocenters. The first-order chi connectivity index (χ1) is 9.15. The maximum absolute atomic E-state index is 11.7. The van der Waals surface area contributed by atoms with Crippen LogP contribution in [-0.4, -0.2) is 12.6 Å². The second kappa shape index (κ2) is 6.42. The summed E-state index contributed by atoms with van der Waals surface area (Å²) in [5, 5.41) is 0.532. The molecule has 0 heterocycles. The normalized spacial score (nSPS) is 16.1. The minimum absolute atomic E-state index is 0.334. The van der Waals surface area contributed by atoms with E-state index in [-0.39, 0.29) is 5.97 Å². The lowest BCUT2D eigenvalue weighted by molar-refractivity contribution is 0.0496. The number of halogens is 1. The SMILES string of the molecule is CCC1(CCCCOC(=O)c2[c]ccc(Cl)c2)CC1. The van der Waals surface area contributed by atoms with E-state index in [4.69, 9.17) is 16.3 Å². The third kappa shape index (κ3) is 4.24. The molecule has 0 amide bonds. The lowest BCUT2D eigenvalue weighted by Crippen LogP contribution is -2.07. The van der Waals surface area contributed by atoms with E-state index in [0.29, 0.717) is 22.6 Å². The molecule has 1 aromatic rings. The zero-order chi connectivity index (χ0) is 13.7. The topological polar surface area (TPSA) is 26.3 Å². The summed E-state index contributed by atoms with van der Waals surface area (Å²) in [4.78, 5) is 11.7. The van der Waals surface area contributed by atoms with Crippen molar-refractivity contribution in [3.05, 3.63) is 34.9 Å². The van der Waals surface area contributed by atoms with Crippen LogP contribution in [0, 0.1) is 11.5 Å². The smallest absolute Gasteiger partial charge is 0.338 e. The van der Waals surface area contributed by atoms with Crippen molar-refractivity contribution in [2.45, 2.75) is 45.4 Å². The highest BCUT2D eigenvalue weighted by molar-refractivity contribution is 6.30. The second-order valence-corrected chi connectivity index (χ2v) is 5.80. The lowest BCUT2D eigenvalue weighted by atomic mass is 9.96. The number of unbranched alkanes of at least 4 members (excludes halogenated alkanes) is 1. The summed E-state index contributed by atoms with van der Waals surface area (Å²) in [5.41, 5.74) is 1.03. The summed E-state index contributed by atoms with van der Waals surface area (Å²) < 4.78 is 5.22. The Kier molecular flexibility index (Phi) is 4.87. The number of ether oxygens (including phenoxy) is 1. The molecule has 0 spiro atoms. The van der Waals surface area contributed by atoms with Gasteiger partial charge in [-0.15, -0.1) is 0 Å². The van der Waals surface area contributed by atoms with E-state index < -0.39 is 0 Å². The molecule has 0 saturated heterocycles. The van der Waals surface area contributed by atoms with Crippen molar-refractivity contribution in [3.8, 4) is 0 Å². The third-order valence-electron chi connectivity index (χ3n) is 4.03. The quantitative estimate of drug-likeness (QED) is 0.536. The molecule has 0 unspecified atom stereocenters. The van der Waals surface area contributed by atoms with Crippen LogP contribution in [0.5, 0.6) is 0 Å². The van der Waals surface area contributed by atoms with Gasteiger partial charge >= 0.3 is 5.97 Å².